The van der Waals surface area contributed by atoms with Crippen molar-refractivity contribution in [3.8, 4) is 6.07 Å². The number of aromatic nitrogens is 1. The summed E-state index contributed by atoms with van der Waals surface area (Å²) in [4.78, 5) is 17.6. The minimum atomic E-state index is -0.327. The van der Waals surface area contributed by atoms with Crippen molar-refractivity contribution < 1.29 is 9.53 Å². The Labute approximate surface area is 203 Å². The molecule has 0 spiro atoms. The van der Waals surface area contributed by atoms with Gasteiger partial charge < -0.3 is 19.5 Å². The van der Waals surface area contributed by atoms with E-state index in [1.54, 1.807) is 13.2 Å². The minimum absolute atomic E-state index is 0.126. The maximum atomic E-state index is 12.8. The van der Waals surface area contributed by atoms with Crippen molar-refractivity contribution in [1.82, 2.24) is 14.8 Å². The summed E-state index contributed by atoms with van der Waals surface area (Å²) in [5, 5.41) is 12.6. The van der Waals surface area contributed by atoms with Gasteiger partial charge in [-0.1, -0.05) is 18.2 Å². The van der Waals surface area contributed by atoms with Gasteiger partial charge in [0.2, 0.25) is 0 Å². The zero-order valence-corrected chi connectivity index (χ0v) is 21.0. The van der Waals surface area contributed by atoms with Crippen molar-refractivity contribution in [3.63, 3.8) is 0 Å². The number of aryl methyl sites for hydroxylation is 1. The van der Waals surface area contributed by atoms with Gasteiger partial charge in [-0.2, -0.15) is 5.26 Å². The molecule has 182 valence electrons. The largest absolute Gasteiger partial charge is 0.383 e. The Morgan fingerprint density at radius 1 is 1.15 bits per heavy atom. The van der Waals surface area contributed by atoms with Crippen LogP contribution in [0.1, 0.15) is 36.8 Å². The van der Waals surface area contributed by atoms with Crippen LogP contribution in [0, 0.1) is 25.2 Å². The Hall–Kier alpha value is -3.08. The third-order valence-electron chi connectivity index (χ3n) is 6.65. The molecule has 1 fully saturated rings. The third kappa shape index (κ3) is 6.07. The molecular weight excluding hydrogens is 426 g/mol. The lowest BCUT2D eigenvalue weighted by Gasteiger charge is -2.39. The molecule has 7 nitrogen and oxygen atoms in total. The molecule has 1 aliphatic heterocycles. The summed E-state index contributed by atoms with van der Waals surface area (Å²) in [6.45, 7) is 13.2. The van der Waals surface area contributed by atoms with E-state index in [-0.39, 0.29) is 23.6 Å². The Morgan fingerprint density at radius 3 is 2.44 bits per heavy atom. The highest BCUT2D eigenvalue weighted by molar-refractivity contribution is 6.01. The second-order valence-corrected chi connectivity index (χ2v) is 9.09. The first-order valence-electron chi connectivity index (χ1n) is 12.0. The van der Waals surface area contributed by atoms with Crippen molar-refractivity contribution in [1.29, 1.82) is 5.26 Å². The summed E-state index contributed by atoms with van der Waals surface area (Å²) in [6, 6.07) is 14.9. The molecule has 2 aromatic rings. The summed E-state index contributed by atoms with van der Waals surface area (Å²) >= 11 is 0. The average molecular weight is 464 g/mol. The van der Waals surface area contributed by atoms with E-state index in [9.17, 15) is 10.1 Å². The van der Waals surface area contributed by atoms with Crippen molar-refractivity contribution >= 4 is 17.7 Å². The van der Waals surface area contributed by atoms with E-state index in [2.05, 4.69) is 63.9 Å². The topological polar surface area (TPSA) is 73.5 Å². The van der Waals surface area contributed by atoms with Crippen LogP contribution in [-0.2, 0) is 9.53 Å². The quantitative estimate of drug-likeness (QED) is 0.455. The van der Waals surface area contributed by atoms with Crippen LogP contribution in [0.15, 0.2) is 42.0 Å². The van der Waals surface area contributed by atoms with Crippen LogP contribution in [0.5, 0.6) is 0 Å². The van der Waals surface area contributed by atoms with Crippen molar-refractivity contribution in [2.45, 2.75) is 39.8 Å². The number of anilines is 1. The Morgan fingerprint density at radius 2 is 1.82 bits per heavy atom. The molecule has 2 heterocycles. The molecule has 1 aromatic carbocycles. The number of amides is 1. The Kier molecular flexibility index (Phi) is 8.91. The highest BCUT2D eigenvalue weighted by Gasteiger charge is 2.22. The number of ether oxygens (including phenoxy) is 1. The number of carbonyl (C=O) groups is 1. The van der Waals surface area contributed by atoms with Gasteiger partial charge in [0.25, 0.3) is 5.91 Å². The third-order valence-corrected chi connectivity index (χ3v) is 6.65. The normalized spacial score (nSPS) is 16.7. The fraction of sp³-hybridized carbons (Fsp3) is 0.481. The SMILES string of the molecule is COCC(C)n1c(C)cc(C=C(C#N)C(=O)NCC(C)N2CCN(c3ccccc3)CC2)c1C. The van der Waals surface area contributed by atoms with Crippen LogP contribution >= 0.6 is 0 Å². The first-order chi connectivity index (χ1) is 16.3. The fourth-order valence-electron chi connectivity index (χ4n) is 4.77. The second-order valence-electron chi connectivity index (χ2n) is 9.09. The molecule has 0 radical (unpaired) electrons. The summed E-state index contributed by atoms with van der Waals surface area (Å²) < 4.78 is 7.47. The van der Waals surface area contributed by atoms with Gasteiger partial charge in [-0.15, -0.1) is 0 Å². The van der Waals surface area contributed by atoms with E-state index < -0.39 is 0 Å². The van der Waals surface area contributed by atoms with Gasteiger partial charge in [0.05, 0.1) is 12.6 Å². The number of hydrogen-bond acceptors (Lipinski definition) is 5. The number of nitrogens with zero attached hydrogens (tertiary/aromatic N) is 4. The van der Waals surface area contributed by atoms with Gasteiger partial charge in [0.1, 0.15) is 11.6 Å². The van der Waals surface area contributed by atoms with E-state index >= 15 is 0 Å². The monoisotopic (exact) mass is 463 g/mol. The van der Waals surface area contributed by atoms with Crippen LogP contribution in [-0.4, -0.2) is 67.9 Å². The fourth-order valence-corrected chi connectivity index (χ4v) is 4.77. The molecule has 1 amide bonds. The number of rotatable bonds is 9. The van der Waals surface area contributed by atoms with E-state index in [0.29, 0.717) is 13.2 Å². The predicted molar refractivity (Wildman–Crippen MR) is 137 cm³/mol. The number of carbonyl (C=O) groups excluding carboxylic acids is 1. The number of nitrogens with one attached hydrogen (secondary N) is 1. The molecule has 1 saturated heterocycles. The minimum Gasteiger partial charge on any atom is -0.383 e. The van der Waals surface area contributed by atoms with Crippen LogP contribution in [0.2, 0.25) is 0 Å². The zero-order chi connectivity index (χ0) is 24.7. The molecule has 2 unspecified atom stereocenters. The lowest BCUT2D eigenvalue weighted by molar-refractivity contribution is -0.117. The van der Waals surface area contributed by atoms with E-state index in [4.69, 9.17) is 4.74 Å². The van der Waals surface area contributed by atoms with Gasteiger partial charge in [0.15, 0.2) is 0 Å². The lowest BCUT2D eigenvalue weighted by atomic mass is 10.1. The standard InChI is InChI=1S/C27H37N5O2/c1-20-15-24(23(4)32(20)22(3)19-34-5)16-25(17-28)27(33)29-18-21(2)30-11-13-31(14-12-30)26-9-7-6-8-10-26/h6-10,15-16,21-22H,11-14,18-19H2,1-5H3,(H,29,33). The summed E-state index contributed by atoms with van der Waals surface area (Å²) in [7, 11) is 1.69. The van der Waals surface area contributed by atoms with Crippen molar-refractivity contribution in [2.24, 2.45) is 0 Å². The number of nitriles is 1. The molecule has 1 N–H and O–H groups in total. The number of benzene rings is 1. The molecule has 2 atom stereocenters. The van der Waals surface area contributed by atoms with Crippen molar-refractivity contribution in [2.75, 3.05) is 51.3 Å². The molecule has 0 aliphatic carbocycles. The van der Waals surface area contributed by atoms with Crippen LogP contribution in [0.3, 0.4) is 0 Å². The molecular formula is C27H37N5O2. The average Bonchev–Trinajstić information content (AvgIpc) is 3.14. The number of methoxy groups -OCH3 is 1. The van der Waals surface area contributed by atoms with Crippen LogP contribution in [0.4, 0.5) is 5.69 Å². The smallest absolute Gasteiger partial charge is 0.262 e. The predicted octanol–water partition coefficient (Wildman–Crippen LogP) is 3.55. The first-order valence-corrected chi connectivity index (χ1v) is 12.0. The second kappa shape index (κ2) is 11.9. The molecule has 1 aromatic heterocycles. The molecule has 34 heavy (non-hydrogen) atoms. The van der Waals surface area contributed by atoms with Gasteiger partial charge in [-0.25, -0.2) is 0 Å². The Balaban J connectivity index is 1.57. The number of hydrogen-bond donors (Lipinski definition) is 1. The zero-order valence-electron chi connectivity index (χ0n) is 21.0. The molecule has 0 bridgehead atoms. The number of para-hydroxylation sites is 1. The Bertz CT molecular complexity index is 1030. The van der Waals surface area contributed by atoms with E-state index in [0.717, 1.165) is 43.1 Å². The molecule has 1 aliphatic rings. The summed E-state index contributed by atoms with van der Waals surface area (Å²) in [6.07, 6.45) is 1.69. The van der Waals surface area contributed by atoms with Crippen LogP contribution in [0.25, 0.3) is 6.08 Å². The van der Waals surface area contributed by atoms with Gasteiger partial charge >= 0.3 is 0 Å². The number of piperazine rings is 1. The lowest BCUT2D eigenvalue weighted by Crippen LogP contribution is -2.52. The molecule has 3 rings (SSSR count). The van der Waals surface area contributed by atoms with E-state index in [1.165, 1.54) is 5.69 Å². The summed E-state index contributed by atoms with van der Waals surface area (Å²) in [5.74, 6) is -0.327. The van der Waals surface area contributed by atoms with Crippen LogP contribution < -0.4 is 10.2 Å². The highest BCUT2D eigenvalue weighted by atomic mass is 16.5. The van der Waals surface area contributed by atoms with Gasteiger partial charge in [-0.05, 0) is 57.5 Å². The van der Waals surface area contributed by atoms with Gasteiger partial charge in [-0.3, -0.25) is 9.69 Å². The molecule has 7 heteroatoms. The van der Waals surface area contributed by atoms with Crippen molar-refractivity contribution in [3.05, 3.63) is 58.9 Å². The van der Waals surface area contributed by atoms with Gasteiger partial charge in [0, 0.05) is 63.0 Å². The maximum Gasteiger partial charge on any atom is 0.262 e. The molecule has 0 saturated carbocycles. The summed E-state index contributed by atoms with van der Waals surface area (Å²) in [5.41, 5.74) is 4.36. The maximum absolute atomic E-state index is 12.8. The van der Waals surface area contributed by atoms with E-state index in [1.807, 2.05) is 26.0 Å². The first kappa shape index (κ1) is 25.5. The highest BCUT2D eigenvalue weighted by Crippen LogP contribution is 2.23.